The molecule has 1 heterocycles. The van der Waals surface area contributed by atoms with Gasteiger partial charge in [0.15, 0.2) is 5.82 Å². The van der Waals surface area contributed by atoms with Crippen LogP contribution in [0.5, 0.6) is 11.5 Å². The lowest BCUT2D eigenvalue weighted by Gasteiger charge is -2.11. The molecule has 0 unspecified atom stereocenters. The molecule has 3 aromatic rings. The van der Waals surface area contributed by atoms with Crippen LogP contribution in [0.15, 0.2) is 54.9 Å². The molecule has 20 heavy (non-hydrogen) atoms. The minimum absolute atomic E-state index is 0.220. The second kappa shape index (κ2) is 5.05. The molecule has 0 spiro atoms. The maximum absolute atomic E-state index is 9.36. The summed E-state index contributed by atoms with van der Waals surface area (Å²) >= 11 is 0. The maximum atomic E-state index is 9.36. The van der Waals surface area contributed by atoms with Gasteiger partial charge in [0.25, 0.3) is 0 Å². The van der Waals surface area contributed by atoms with Gasteiger partial charge in [-0.3, -0.25) is 4.57 Å². The van der Waals surface area contributed by atoms with Gasteiger partial charge in [-0.2, -0.15) is 0 Å². The summed E-state index contributed by atoms with van der Waals surface area (Å²) < 4.78 is 7.22. The van der Waals surface area contributed by atoms with Crippen molar-refractivity contribution in [1.82, 2.24) is 14.8 Å². The van der Waals surface area contributed by atoms with E-state index in [9.17, 15) is 5.11 Å². The van der Waals surface area contributed by atoms with Gasteiger partial charge >= 0.3 is 0 Å². The molecule has 0 saturated carbocycles. The predicted molar refractivity (Wildman–Crippen MR) is 75.0 cm³/mol. The van der Waals surface area contributed by atoms with Crippen LogP contribution in [0.1, 0.15) is 0 Å². The Morgan fingerprint density at radius 1 is 1.05 bits per heavy atom. The Kier molecular flexibility index (Phi) is 3.09. The van der Waals surface area contributed by atoms with Crippen molar-refractivity contribution in [3.8, 4) is 28.6 Å². The summed E-state index contributed by atoms with van der Waals surface area (Å²) in [6.07, 6.45) is 1.64. The number of ether oxygens (including phenoxy) is 1. The van der Waals surface area contributed by atoms with Crippen LogP contribution in [-0.2, 0) is 0 Å². The number of nitrogens with zero attached hydrogens (tertiary/aromatic N) is 3. The number of methoxy groups -OCH3 is 1. The van der Waals surface area contributed by atoms with Gasteiger partial charge in [0, 0.05) is 5.56 Å². The molecule has 3 rings (SSSR count). The van der Waals surface area contributed by atoms with Crippen LogP contribution in [-0.4, -0.2) is 27.0 Å². The van der Waals surface area contributed by atoms with Crippen molar-refractivity contribution in [3.63, 3.8) is 0 Å². The standard InChI is InChI=1S/C15H13N3O2/c1-20-14-5-3-2-4-13(14)18-10-16-17-15(18)11-6-8-12(19)9-7-11/h2-10,19H,1H3. The van der Waals surface area contributed by atoms with Crippen molar-refractivity contribution >= 4 is 0 Å². The summed E-state index contributed by atoms with van der Waals surface area (Å²) in [5.41, 5.74) is 1.73. The van der Waals surface area contributed by atoms with E-state index in [1.54, 1.807) is 37.7 Å². The Balaban J connectivity index is 2.13. The number of para-hydroxylation sites is 2. The maximum Gasteiger partial charge on any atom is 0.168 e. The molecule has 0 aliphatic rings. The number of phenols is 1. The van der Waals surface area contributed by atoms with E-state index in [1.165, 1.54) is 0 Å². The number of aromatic nitrogens is 3. The Bertz CT molecular complexity index is 720. The van der Waals surface area contributed by atoms with Gasteiger partial charge in [-0.05, 0) is 36.4 Å². The van der Waals surface area contributed by atoms with Gasteiger partial charge in [0.05, 0.1) is 12.8 Å². The summed E-state index contributed by atoms with van der Waals surface area (Å²) in [6.45, 7) is 0. The molecular formula is C15H13N3O2. The Morgan fingerprint density at radius 3 is 2.55 bits per heavy atom. The SMILES string of the molecule is COc1ccccc1-n1cnnc1-c1ccc(O)cc1. The van der Waals surface area contributed by atoms with Crippen molar-refractivity contribution < 1.29 is 9.84 Å². The smallest absolute Gasteiger partial charge is 0.168 e. The quantitative estimate of drug-likeness (QED) is 0.792. The molecule has 1 aromatic heterocycles. The molecule has 1 N–H and O–H groups in total. The monoisotopic (exact) mass is 267 g/mol. The molecular weight excluding hydrogens is 254 g/mol. The highest BCUT2D eigenvalue weighted by atomic mass is 16.5. The van der Waals surface area contributed by atoms with E-state index in [0.717, 1.165) is 17.0 Å². The fourth-order valence-corrected chi connectivity index (χ4v) is 2.05. The number of benzene rings is 2. The molecule has 0 aliphatic carbocycles. The lowest BCUT2D eigenvalue weighted by atomic mass is 10.2. The van der Waals surface area contributed by atoms with E-state index in [0.29, 0.717) is 5.82 Å². The number of hydrogen-bond acceptors (Lipinski definition) is 4. The van der Waals surface area contributed by atoms with Crippen LogP contribution in [0, 0.1) is 0 Å². The lowest BCUT2D eigenvalue weighted by Crippen LogP contribution is -1.99. The molecule has 5 nitrogen and oxygen atoms in total. The van der Waals surface area contributed by atoms with Crippen molar-refractivity contribution in [1.29, 1.82) is 0 Å². The third kappa shape index (κ3) is 2.09. The van der Waals surface area contributed by atoms with E-state index in [4.69, 9.17) is 4.74 Å². The van der Waals surface area contributed by atoms with Gasteiger partial charge in [-0.25, -0.2) is 0 Å². The van der Waals surface area contributed by atoms with Gasteiger partial charge in [-0.15, -0.1) is 10.2 Å². The highest BCUT2D eigenvalue weighted by Gasteiger charge is 2.12. The van der Waals surface area contributed by atoms with Crippen molar-refractivity contribution in [2.24, 2.45) is 0 Å². The zero-order chi connectivity index (χ0) is 13.9. The number of hydrogen-bond donors (Lipinski definition) is 1. The first-order valence-corrected chi connectivity index (χ1v) is 6.12. The first kappa shape index (κ1) is 12.2. The molecule has 0 amide bonds. The number of phenolic OH excluding ortho intramolecular Hbond substituents is 1. The Hall–Kier alpha value is -2.82. The number of rotatable bonds is 3. The highest BCUT2D eigenvalue weighted by molar-refractivity contribution is 5.61. The molecule has 0 fully saturated rings. The second-order valence-corrected chi connectivity index (χ2v) is 4.24. The van der Waals surface area contributed by atoms with Crippen LogP contribution in [0.25, 0.3) is 17.1 Å². The third-order valence-corrected chi connectivity index (χ3v) is 3.02. The average Bonchev–Trinajstić information content (AvgIpc) is 2.97. The van der Waals surface area contributed by atoms with Gasteiger partial charge in [0.2, 0.25) is 0 Å². The molecule has 5 heteroatoms. The lowest BCUT2D eigenvalue weighted by molar-refractivity contribution is 0.413. The van der Waals surface area contributed by atoms with Crippen molar-refractivity contribution in [2.75, 3.05) is 7.11 Å². The zero-order valence-electron chi connectivity index (χ0n) is 10.9. The second-order valence-electron chi connectivity index (χ2n) is 4.24. The summed E-state index contributed by atoms with van der Waals surface area (Å²) in [6, 6.07) is 14.5. The van der Waals surface area contributed by atoms with E-state index in [2.05, 4.69) is 10.2 Å². The van der Waals surface area contributed by atoms with Crippen LogP contribution >= 0.6 is 0 Å². The molecule has 0 aliphatic heterocycles. The van der Waals surface area contributed by atoms with E-state index >= 15 is 0 Å². The van der Waals surface area contributed by atoms with E-state index < -0.39 is 0 Å². The predicted octanol–water partition coefficient (Wildman–Crippen LogP) is 2.65. The topological polar surface area (TPSA) is 60.2 Å². The molecule has 0 saturated heterocycles. The summed E-state index contributed by atoms with van der Waals surface area (Å²) in [7, 11) is 1.63. The Morgan fingerprint density at radius 2 is 1.80 bits per heavy atom. The van der Waals surface area contributed by atoms with Crippen LogP contribution in [0.3, 0.4) is 0 Å². The van der Waals surface area contributed by atoms with Gasteiger partial charge in [-0.1, -0.05) is 12.1 Å². The average molecular weight is 267 g/mol. The minimum Gasteiger partial charge on any atom is -0.508 e. The van der Waals surface area contributed by atoms with Crippen molar-refractivity contribution in [3.05, 3.63) is 54.9 Å². The normalized spacial score (nSPS) is 10.4. The van der Waals surface area contributed by atoms with Crippen LogP contribution in [0.2, 0.25) is 0 Å². The first-order chi connectivity index (χ1) is 9.79. The Labute approximate surface area is 116 Å². The fourth-order valence-electron chi connectivity index (χ4n) is 2.05. The zero-order valence-corrected chi connectivity index (χ0v) is 10.9. The summed E-state index contributed by atoms with van der Waals surface area (Å²) in [5, 5.41) is 17.5. The van der Waals surface area contributed by atoms with Crippen LogP contribution < -0.4 is 4.74 Å². The van der Waals surface area contributed by atoms with Crippen LogP contribution in [0.4, 0.5) is 0 Å². The summed E-state index contributed by atoms with van der Waals surface area (Å²) in [4.78, 5) is 0. The van der Waals surface area contributed by atoms with Crippen molar-refractivity contribution in [2.45, 2.75) is 0 Å². The fraction of sp³-hybridized carbons (Fsp3) is 0.0667. The molecule has 0 atom stereocenters. The molecule has 100 valence electrons. The molecule has 0 radical (unpaired) electrons. The molecule has 2 aromatic carbocycles. The van der Waals surface area contributed by atoms with Gasteiger partial charge in [0.1, 0.15) is 17.8 Å². The highest BCUT2D eigenvalue weighted by Crippen LogP contribution is 2.27. The van der Waals surface area contributed by atoms with E-state index in [1.807, 2.05) is 28.8 Å². The molecule has 0 bridgehead atoms. The summed E-state index contributed by atoms with van der Waals surface area (Å²) in [5.74, 6) is 1.65. The van der Waals surface area contributed by atoms with E-state index in [-0.39, 0.29) is 5.75 Å². The van der Waals surface area contributed by atoms with Gasteiger partial charge < -0.3 is 9.84 Å². The third-order valence-electron chi connectivity index (χ3n) is 3.02. The first-order valence-electron chi connectivity index (χ1n) is 6.12. The number of aromatic hydroxyl groups is 1. The largest absolute Gasteiger partial charge is 0.508 e. The minimum atomic E-state index is 0.220.